The quantitative estimate of drug-likeness (QED) is 0.914. The molecule has 1 heterocycles. The largest absolute Gasteiger partial charge is 0.496 e. The van der Waals surface area contributed by atoms with Crippen LogP contribution in [0, 0.1) is 18.3 Å². The maximum atomic E-state index is 9.12. The molecule has 1 aromatic carbocycles. The van der Waals surface area contributed by atoms with Crippen molar-refractivity contribution in [1.29, 1.82) is 5.26 Å². The van der Waals surface area contributed by atoms with Crippen LogP contribution in [0.15, 0.2) is 18.2 Å². The van der Waals surface area contributed by atoms with Gasteiger partial charge in [-0.3, -0.25) is 0 Å². The second-order valence-corrected chi connectivity index (χ2v) is 4.77. The number of benzene rings is 1. The lowest BCUT2D eigenvalue weighted by molar-refractivity contribution is 0.407. The fourth-order valence-corrected chi connectivity index (χ4v) is 2.12. The van der Waals surface area contributed by atoms with Gasteiger partial charge in [0, 0.05) is 5.56 Å². The van der Waals surface area contributed by atoms with Gasteiger partial charge in [-0.25, -0.2) is 4.98 Å². The zero-order valence-electron chi connectivity index (χ0n) is 11.6. The molecule has 0 atom stereocenters. The Kier molecular flexibility index (Phi) is 3.57. The summed E-state index contributed by atoms with van der Waals surface area (Å²) in [7, 11) is 1.67. The third-order valence-corrected chi connectivity index (χ3v) is 3.07. The number of aromatic nitrogens is 2. The van der Waals surface area contributed by atoms with E-state index in [2.05, 4.69) is 36.0 Å². The smallest absolute Gasteiger partial charge is 0.166 e. The molecule has 0 bridgehead atoms. The van der Waals surface area contributed by atoms with Crippen molar-refractivity contribution in [2.24, 2.45) is 0 Å². The normalized spacial score (nSPS) is 10.5. The Hall–Kier alpha value is -2.28. The SMILES string of the molecule is COc1ccc(-c2[nH]c(C)nc2C#N)cc1C(C)C. The number of H-pyrrole nitrogens is 1. The summed E-state index contributed by atoms with van der Waals surface area (Å²) in [6.07, 6.45) is 0. The minimum absolute atomic E-state index is 0.351. The summed E-state index contributed by atoms with van der Waals surface area (Å²) < 4.78 is 5.37. The second-order valence-electron chi connectivity index (χ2n) is 4.77. The van der Waals surface area contributed by atoms with Crippen molar-refractivity contribution in [1.82, 2.24) is 9.97 Å². The highest BCUT2D eigenvalue weighted by molar-refractivity contribution is 5.67. The van der Waals surface area contributed by atoms with Gasteiger partial charge in [-0.2, -0.15) is 5.26 Å². The fraction of sp³-hybridized carbons (Fsp3) is 0.333. The zero-order chi connectivity index (χ0) is 14.0. The molecule has 0 amide bonds. The minimum Gasteiger partial charge on any atom is -0.496 e. The molecule has 0 radical (unpaired) electrons. The summed E-state index contributed by atoms with van der Waals surface area (Å²) >= 11 is 0. The van der Waals surface area contributed by atoms with E-state index >= 15 is 0 Å². The van der Waals surface area contributed by atoms with Crippen molar-refractivity contribution in [2.75, 3.05) is 7.11 Å². The summed E-state index contributed by atoms with van der Waals surface area (Å²) in [5, 5.41) is 9.12. The number of nitrogens with one attached hydrogen (secondary N) is 1. The predicted molar refractivity (Wildman–Crippen MR) is 74.1 cm³/mol. The summed E-state index contributed by atoms with van der Waals surface area (Å²) in [6.45, 7) is 6.08. The van der Waals surface area contributed by atoms with E-state index in [1.807, 2.05) is 19.1 Å². The van der Waals surface area contributed by atoms with Crippen molar-refractivity contribution in [3.8, 4) is 23.1 Å². The van der Waals surface area contributed by atoms with Crippen LogP contribution in [0.3, 0.4) is 0 Å². The summed E-state index contributed by atoms with van der Waals surface area (Å²) in [5.41, 5.74) is 3.28. The minimum atomic E-state index is 0.351. The van der Waals surface area contributed by atoms with Gasteiger partial charge < -0.3 is 9.72 Å². The van der Waals surface area contributed by atoms with Crippen molar-refractivity contribution in [3.63, 3.8) is 0 Å². The number of aromatic amines is 1. The molecule has 2 rings (SSSR count). The van der Waals surface area contributed by atoms with Crippen LogP contribution in [-0.2, 0) is 0 Å². The average molecular weight is 255 g/mol. The molecule has 0 unspecified atom stereocenters. The van der Waals surface area contributed by atoms with E-state index < -0.39 is 0 Å². The van der Waals surface area contributed by atoms with Gasteiger partial charge in [0.25, 0.3) is 0 Å². The molecule has 1 N–H and O–H groups in total. The topological polar surface area (TPSA) is 61.7 Å². The van der Waals surface area contributed by atoms with E-state index in [4.69, 9.17) is 10.00 Å². The first-order valence-electron chi connectivity index (χ1n) is 6.21. The Morgan fingerprint density at radius 1 is 1.37 bits per heavy atom. The van der Waals surface area contributed by atoms with Crippen molar-refractivity contribution >= 4 is 0 Å². The molecule has 1 aromatic heterocycles. The Morgan fingerprint density at radius 2 is 2.11 bits per heavy atom. The van der Waals surface area contributed by atoms with E-state index in [1.54, 1.807) is 7.11 Å². The molecule has 0 spiro atoms. The van der Waals surface area contributed by atoms with Gasteiger partial charge in [-0.1, -0.05) is 13.8 Å². The van der Waals surface area contributed by atoms with Gasteiger partial charge in [0.2, 0.25) is 0 Å². The lowest BCUT2D eigenvalue weighted by atomic mass is 9.98. The van der Waals surface area contributed by atoms with E-state index in [0.717, 1.165) is 28.4 Å². The maximum absolute atomic E-state index is 9.12. The average Bonchev–Trinajstić information content (AvgIpc) is 2.79. The Morgan fingerprint density at radius 3 is 2.68 bits per heavy atom. The number of imidazole rings is 1. The third-order valence-electron chi connectivity index (χ3n) is 3.07. The summed E-state index contributed by atoms with van der Waals surface area (Å²) in [4.78, 5) is 7.32. The molecule has 98 valence electrons. The highest BCUT2D eigenvalue weighted by atomic mass is 16.5. The number of nitriles is 1. The fourth-order valence-electron chi connectivity index (χ4n) is 2.12. The van der Waals surface area contributed by atoms with Crippen LogP contribution in [-0.4, -0.2) is 17.1 Å². The first kappa shape index (κ1) is 13.2. The molecular weight excluding hydrogens is 238 g/mol. The number of methoxy groups -OCH3 is 1. The molecule has 0 aliphatic rings. The molecule has 0 fully saturated rings. The van der Waals surface area contributed by atoms with Crippen molar-refractivity contribution < 1.29 is 4.74 Å². The number of hydrogen-bond acceptors (Lipinski definition) is 3. The first-order valence-corrected chi connectivity index (χ1v) is 6.21. The maximum Gasteiger partial charge on any atom is 0.166 e. The van der Waals surface area contributed by atoms with E-state index in [9.17, 15) is 0 Å². The van der Waals surface area contributed by atoms with Gasteiger partial charge in [0.05, 0.1) is 12.8 Å². The molecule has 4 heteroatoms. The summed E-state index contributed by atoms with van der Waals surface area (Å²) in [5.74, 6) is 1.96. The molecule has 19 heavy (non-hydrogen) atoms. The third kappa shape index (κ3) is 2.45. The van der Waals surface area contributed by atoms with E-state index in [0.29, 0.717) is 11.6 Å². The van der Waals surface area contributed by atoms with Crippen LogP contribution < -0.4 is 4.74 Å². The molecule has 0 saturated carbocycles. The number of rotatable bonds is 3. The van der Waals surface area contributed by atoms with Gasteiger partial charge in [0.1, 0.15) is 17.6 Å². The van der Waals surface area contributed by atoms with Crippen LogP contribution in [0.5, 0.6) is 5.75 Å². The van der Waals surface area contributed by atoms with Crippen molar-refractivity contribution in [3.05, 3.63) is 35.3 Å². The lowest BCUT2D eigenvalue weighted by Gasteiger charge is -2.13. The standard InChI is InChI=1S/C15H17N3O/c1-9(2)12-7-11(5-6-14(12)19-4)15-13(8-16)17-10(3)18-15/h5-7,9H,1-4H3,(H,17,18). The second kappa shape index (κ2) is 5.15. The monoisotopic (exact) mass is 255 g/mol. The van der Waals surface area contributed by atoms with Crippen LogP contribution in [0.1, 0.15) is 36.8 Å². The van der Waals surface area contributed by atoms with Gasteiger partial charge in [-0.15, -0.1) is 0 Å². The Bertz CT molecular complexity index is 635. The Labute approximate surface area is 113 Å². The molecule has 0 aliphatic carbocycles. The highest BCUT2D eigenvalue weighted by Gasteiger charge is 2.14. The molecule has 4 nitrogen and oxygen atoms in total. The number of hydrogen-bond donors (Lipinski definition) is 1. The molecule has 2 aromatic rings. The highest BCUT2D eigenvalue weighted by Crippen LogP contribution is 2.31. The number of nitrogens with zero attached hydrogens (tertiary/aromatic N) is 2. The molecular formula is C15H17N3O. The predicted octanol–water partition coefficient (Wildman–Crippen LogP) is 3.39. The van der Waals surface area contributed by atoms with E-state index in [-0.39, 0.29) is 0 Å². The van der Waals surface area contributed by atoms with Gasteiger partial charge >= 0.3 is 0 Å². The molecule has 0 saturated heterocycles. The van der Waals surface area contributed by atoms with Gasteiger partial charge in [0.15, 0.2) is 5.69 Å². The van der Waals surface area contributed by atoms with Crippen LogP contribution in [0.4, 0.5) is 0 Å². The van der Waals surface area contributed by atoms with Crippen LogP contribution in [0.2, 0.25) is 0 Å². The van der Waals surface area contributed by atoms with E-state index in [1.165, 1.54) is 0 Å². The molecule has 0 aliphatic heterocycles. The van der Waals surface area contributed by atoms with Crippen LogP contribution >= 0.6 is 0 Å². The van der Waals surface area contributed by atoms with Crippen molar-refractivity contribution in [2.45, 2.75) is 26.7 Å². The van der Waals surface area contributed by atoms with Gasteiger partial charge in [-0.05, 0) is 36.6 Å². The zero-order valence-corrected chi connectivity index (χ0v) is 11.6. The van der Waals surface area contributed by atoms with Crippen LogP contribution in [0.25, 0.3) is 11.3 Å². The Balaban J connectivity index is 2.57. The lowest BCUT2D eigenvalue weighted by Crippen LogP contribution is -1.95. The number of ether oxygens (including phenoxy) is 1. The first-order chi connectivity index (χ1) is 9.06. The summed E-state index contributed by atoms with van der Waals surface area (Å²) in [6, 6.07) is 8.05. The number of aryl methyl sites for hydroxylation is 1.